The van der Waals surface area contributed by atoms with Crippen LogP contribution in [0.15, 0.2) is 54.6 Å². The molecule has 0 saturated carbocycles. The summed E-state index contributed by atoms with van der Waals surface area (Å²) in [6, 6.07) is 16.2. The number of benzene rings is 2. The molecule has 0 aromatic heterocycles. The van der Waals surface area contributed by atoms with Crippen LogP contribution in [0.2, 0.25) is 0 Å². The molecule has 0 bridgehead atoms. The minimum Gasteiger partial charge on any atom is -0.361 e. The Bertz CT molecular complexity index is 890. The van der Waals surface area contributed by atoms with Gasteiger partial charge in [0.2, 0.25) is 5.91 Å². The van der Waals surface area contributed by atoms with Crippen LogP contribution in [0.25, 0.3) is 0 Å². The fraction of sp³-hybridized carbons (Fsp3) is 0.391. The number of ether oxygens (including phenoxy) is 1. The number of amides is 2. The Kier molecular flexibility index (Phi) is 6.11. The van der Waals surface area contributed by atoms with Crippen molar-refractivity contribution in [2.45, 2.75) is 18.6 Å². The van der Waals surface area contributed by atoms with E-state index in [4.69, 9.17) is 4.74 Å². The van der Waals surface area contributed by atoms with Crippen LogP contribution in [-0.2, 0) is 27.3 Å². The van der Waals surface area contributed by atoms with Crippen LogP contribution in [-0.4, -0.2) is 55.1 Å². The van der Waals surface area contributed by atoms with Gasteiger partial charge in [-0.2, -0.15) is 0 Å². The number of carbonyl (C=O) groups excluding carboxylic acids is 2. The highest BCUT2D eigenvalue weighted by Gasteiger charge is 2.57. The van der Waals surface area contributed by atoms with Crippen molar-refractivity contribution < 1.29 is 18.7 Å². The molecular formula is C23H26FN3O3. The van der Waals surface area contributed by atoms with Gasteiger partial charge in [-0.25, -0.2) is 4.39 Å². The Labute approximate surface area is 175 Å². The third kappa shape index (κ3) is 4.37. The molecule has 2 amide bonds. The molecule has 2 N–H and O–H groups in total. The molecule has 2 aromatic rings. The second-order valence-electron chi connectivity index (χ2n) is 7.87. The Morgan fingerprint density at radius 2 is 1.93 bits per heavy atom. The molecule has 7 heteroatoms. The van der Waals surface area contributed by atoms with E-state index >= 15 is 0 Å². The summed E-state index contributed by atoms with van der Waals surface area (Å²) < 4.78 is 19.2. The maximum atomic E-state index is 13.2. The topological polar surface area (TPSA) is 70.7 Å². The van der Waals surface area contributed by atoms with E-state index in [2.05, 4.69) is 10.6 Å². The second-order valence-corrected chi connectivity index (χ2v) is 7.87. The van der Waals surface area contributed by atoms with Crippen LogP contribution in [0.5, 0.6) is 0 Å². The van der Waals surface area contributed by atoms with E-state index in [1.165, 1.54) is 12.1 Å². The number of hydrogen-bond donors (Lipinski definition) is 2. The van der Waals surface area contributed by atoms with Crippen molar-refractivity contribution in [2.75, 3.05) is 32.8 Å². The maximum Gasteiger partial charge on any atom is 0.254 e. The van der Waals surface area contributed by atoms with E-state index < -0.39 is 11.5 Å². The molecular weight excluding hydrogens is 385 g/mol. The minimum atomic E-state index is -1.19. The van der Waals surface area contributed by atoms with Gasteiger partial charge in [0.25, 0.3) is 5.91 Å². The lowest BCUT2D eigenvalue weighted by molar-refractivity contribution is -0.163. The van der Waals surface area contributed by atoms with Crippen molar-refractivity contribution in [1.29, 1.82) is 0 Å². The van der Waals surface area contributed by atoms with Crippen LogP contribution >= 0.6 is 0 Å². The lowest BCUT2D eigenvalue weighted by Gasteiger charge is -2.36. The summed E-state index contributed by atoms with van der Waals surface area (Å²) in [7, 11) is 0. The van der Waals surface area contributed by atoms with E-state index in [0.717, 1.165) is 17.5 Å². The summed E-state index contributed by atoms with van der Waals surface area (Å²) in [6.07, 6.45) is 0.721. The van der Waals surface area contributed by atoms with Crippen LogP contribution in [0.3, 0.4) is 0 Å². The van der Waals surface area contributed by atoms with Gasteiger partial charge in [-0.3, -0.25) is 14.5 Å². The summed E-state index contributed by atoms with van der Waals surface area (Å²) in [5.74, 6) is -1.31. The third-order valence-corrected chi connectivity index (χ3v) is 5.79. The minimum absolute atomic E-state index is 0.176. The van der Waals surface area contributed by atoms with Crippen LogP contribution < -0.4 is 10.6 Å². The summed E-state index contributed by atoms with van der Waals surface area (Å²) in [6.45, 7) is 2.57. The molecule has 2 heterocycles. The monoisotopic (exact) mass is 411 g/mol. The Hall–Kier alpha value is -2.77. The van der Waals surface area contributed by atoms with E-state index in [1.807, 2.05) is 35.2 Å². The van der Waals surface area contributed by atoms with Gasteiger partial charge in [-0.05, 0) is 29.7 Å². The predicted octanol–water partition coefficient (Wildman–Crippen LogP) is 1.50. The van der Waals surface area contributed by atoms with E-state index in [1.54, 1.807) is 12.1 Å². The number of nitrogens with zero attached hydrogens (tertiary/aromatic N) is 1. The average Bonchev–Trinajstić information content (AvgIpc) is 3.11. The van der Waals surface area contributed by atoms with Gasteiger partial charge in [0.1, 0.15) is 5.82 Å². The van der Waals surface area contributed by atoms with Crippen molar-refractivity contribution in [1.82, 2.24) is 15.5 Å². The molecule has 6 nitrogen and oxygen atoms in total. The quantitative estimate of drug-likeness (QED) is 0.756. The molecule has 2 aromatic carbocycles. The first-order valence-corrected chi connectivity index (χ1v) is 10.3. The summed E-state index contributed by atoms with van der Waals surface area (Å²) in [4.78, 5) is 27.9. The molecule has 2 fully saturated rings. The number of rotatable bonds is 6. The molecule has 0 aliphatic carbocycles. The van der Waals surface area contributed by atoms with Crippen LogP contribution in [0, 0.1) is 11.7 Å². The number of likely N-dealkylation sites (tertiary alicyclic amines) is 1. The summed E-state index contributed by atoms with van der Waals surface area (Å²) in [5, 5.41) is 5.84. The van der Waals surface area contributed by atoms with Crippen molar-refractivity contribution in [2.24, 2.45) is 5.92 Å². The fourth-order valence-electron chi connectivity index (χ4n) is 4.26. The fourth-order valence-corrected chi connectivity index (χ4v) is 4.26. The van der Waals surface area contributed by atoms with Gasteiger partial charge in [0, 0.05) is 32.7 Å². The number of hydrogen-bond acceptors (Lipinski definition) is 4. The van der Waals surface area contributed by atoms with Gasteiger partial charge >= 0.3 is 0 Å². The zero-order chi connectivity index (χ0) is 21.0. The molecule has 2 atom stereocenters. The molecule has 1 spiro atoms. The standard InChI is InChI=1S/C23H26FN3O3/c24-19-8-6-18(7-9-19)14-27-15-20(23(16-27)22(29)26-12-13-30-23)21(28)25-11-10-17-4-2-1-3-5-17/h1-9,20H,10-16H2,(H,25,28)(H,26,29)/t20-,23-/m1/s1. The normalized spacial score (nSPS) is 24.0. The van der Waals surface area contributed by atoms with Gasteiger partial charge in [-0.1, -0.05) is 42.5 Å². The Balaban J connectivity index is 1.44. The zero-order valence-corrected chi connectivity index (χ0v) is 16.8. The average molecular weight is 411 g/mol. The first-order valence-electron chi connectivity index (χ1n) is 10.3. The Morgan fingerprint density at radius 3 is 2.67 bits per heavy atom. The maximum absolute atomic E-state index is 13.2. The number of nitrogens with one attached hydrogen (secondary N) is 2. The van der Waals surface area contributed by atoms with Gasteiger partial charge in [0.05, 0.1) is 12.5 Å². The molecule has 30 heavy (non-hydrogen) atoms. The van der Waals surface area contributed by atoms with E-state index in [0.29, 0.717) is 39.3 Å². The molecule has 158 valence electrons. The second kappa shape index (κ2) is 8.93. The highest BCUT2D eigenvalue weighted by molar-refractivity contribution is 5.94. The lowest BCUT2D eigenvalue weighted by Crippen LogP contribution is -2.62. The number of morpholine rings is 1. The molecule has 0 radical (unpaired) electrons. The molecule has 0 unspecified atom stereocenters. The number of carbonyl (C=O) groups is 2. The summed E-state index contributed by atoms with van der Waals surface area (Å²) >= 11 is 0. The van der Waals surface area contributed by atoms with Crippen molar-refractivity contribution in [3.8, 4) is 0 Å². The van der Waals surface area contributed by atoms with E-state index in [9.17, 15) is 14.0 Å². The third-order valence-electron chi connectivity index (χ3n) is 5.79. The molecule has 4 rings (SSSR count). The Morgan fingerprint density at radius 1 is 1.17 bits per heavy atom. The van der Waals surface area contributed by atoms with Gasteiger partial charge < -0.3 is 15.4 Å². The molecule has 2 aliphatic heterocycles. The van der Waals surface area contributed by atoms with Crippen molar-refractivity contribution in [3.05, 3.63) is 71.5 Å². The van der Waals surface area contributed by atoms with Gasteiger partial charge in [0.15, 0.2) is 5.60 Å². The van der Waals surface area contributed by atoms with Crippen LogP contribution in [0.4, 0.5) is 4.39 Å². The highest BCUT2D eigenvalue weighted by atomic mass is 19.1. The first kappa shape index (κ1) is 20.5. The smallest absolute Gasteiger partial charge is 0.254 e. The van der Waals surface area contributed by atoms with E-state index in [-0.39, 0.29) is 17.6 Å². The summed E-state index contributed by atoms with van der Waals surface area (Å²) in [5.41, 5.74) is 0.881. The van der Waals surface area contributed by atoms with Crippen molar-refractivity contribution in [3.63, 3.8) is 0 Å². The number of halogens is 1. The zero-order valence-electron chi connectivity index (χ0n) is 16.8. The lowest BCUT2D eigenvalue weighted by atomic mass is 9.87. The highest BCUT2D eigenvalue weighted by Crippen LogP contribution is 2.34. The SMILES string of the molecule is O=C(NCCc1ccccc1)[C@H]1CN(Cc2ccc(F)cc2)C[C@@]12OCCNC2=O. The molecule has 2 saturated heterocycles. The molecule has 2 aliphatic rings. The van der Waals surface area contributed by atoms with Crippen molar-refractivity contribution >= 4 is 11.8 Å². The van der Waals surface area contributed by atoms with Crippen LogP contribution in [0.1, 0.15) is 11.1 Å². The largest absolute Gasteiger partial charge is 0.361 e. The predicted molar refractivity (Wildman–Crippen MR) is 110 cm³/mol. The first-order chi connectivity index (χ1) is 14.6. The van der Waals surface area contributed by atoms with Gasteiger partial charge in [-0.15, -0.1) is 0 Å².